The first-order chi connectivity index (χ1) is 7.88. The molecule has 0 atom stereocenters. The van der Waals surface area contributed by atoms with E-state index in [1.165, 1.54) is 0 Å². The zero-order valence-electron chi connectivity index (χ0n) is 8.67. The third kappa shape index (κ3) is 2.67. The van der Waals surface area contributed by atoms with E-state index in [1.54, 1.807) is 24.9 Å². The van der Waals surface area contributed by atoms with Gasteiger partial charge >= 0.3 is 0 Å². The molecule has 4 N–H and O–H groups in total. The summed E-state index contributed by atoms with van der Waals surface area (Å²) < 4.78 is 1.98. The van der Waals surface area contributed by atoms with Crippen molar-refractivity contribution in [1.82, 2.24) is 19.5 Å². The Labute approximate surface area is 92.7 Å². The van der Waals surface area contributed by atoms with Crippen molar-refractivity contribution in [3.8, 4) is 0 Å². The largest absolute Gasteiger partial charge is 0.367 e. The van der Waals surface area contributed by atoms with E-state index in [0.29, 0.717) is 11.6 Å². The molecule has 0 spiro atoms. The van der Waals surface area contributed by atoms with Crippen molar-refractivity contribution in [2.45, 2.75) is 6.54 Å². The van der Waals surface area contributed by atoms with Crippen LogP contribution in [0.4, 0.5) is 11.6 Å². The van der Waals surface area contributed by atoms with Crippen molar-refractivity contribution in [1.29, 1.82) is 0 Å². The van der Waals surface area contributed by atoms with Gasteiger partial charge in [-0.05, 0) is 0 Å². The first-order valence-electron chi connectivity index (χ1n) is 4.87. The van der Waals surface area contributed by atoms with Crippen molar-refractivity contribution < 1.29 is 0 Å². The van der Waals surface area contributed by atoms with Crippen LogP contribution >= 0.6 is 0 Å². The van der Waals surface area contributed by atoms with E-state index in [0.717, 1.165) is 13.1 Å². The number of hydrazine groups is 1. The normalized spacial score (nSPS) is 10.1. The lowest BCUT2D eigenvalue weighted by atomic mass is 10.5. The number of aromatic nitrogens is 4. The summed E-state index contributed by atoms with van der Waals surface area (Å²) in [6, 6.07) is 0. The van der Waals surface area contributed by atoms with Crippen molar-refractivity contribution >= 4 is 11.6 Å². The Balaban J connectivity index is 1.85. The fourth-order valence-corrected chi connectivity index (χ4v) is 1.25. The molecule has 2 heterocycles. The Bertz CT molecular complexity index is 425. The van der Waals surface area contributed by atoms with Crippen molar-refractivity contribution in [2.24, 2.45) is 5.84 Å². The van der Waals surface area contributed by atoms with Gasteiger partial charge in [0.15, 0.2) is 5.82 Å². The van der Waals surface area contributed by atoms with Gasteiger partial charge in [-0.1, -0.05) is 0 Å². The van der Waals surface area contributed by atoms with Gasteiger partial charge in [-0.15, -0.1) is 0 Å². The molecule has 0 aromatic carbocycles. The SMILES string of the molecule is NNc1cncc(NCCn2ccnc2)n1. The fraction of sp³-hybridized carbons (Fsp3) is 0.222. The van der Waals surface area contributed by atoms with Crippen LogP contribution in [0.15, 0.2) is 31.1 Å². The van der Waals surface area contributed by atoms with Crippen molar-refractivity contribution in [3.63, 3.8) is 0 Å². The summed E-state index contributed by atoms with van der Waals surface area (Å²) in [5.74, 6) is 6.46. The van der Waals surface area contributed by atoms with Crippen LogP contribution in [0.3, 0.4) is 0 Å². The number of hydrogen-bond acceptors (Lipinski definition) is 6. The second-order valence-electron chi connectivity index (χ2n) is 3.16. The molecule has 0 aliphatic heterocycles. The van der Waals surface area contributed by atoms with Gasteiger partial charge in [0.25, 0.3) is 0 Å². The molecule has 0 radical (unpaired) electrons. The van der Waals surface area contributed by atoms with Gasteiger partial charge in [0.05, 0.1) is 18.7 Å². The predicted molar refractivity (Wildman–Crippen MR) is 60.6 cm³/mol. The third-order valence-electron chi connectivity index (χ3n) is 2.02. The summed E-state index contributed by atoms with van der Waals surface area (Å²) in [5, 5.41) is 3.14. The van der Waals surface area contributed by atoms with E-state index in [1.807, 2.05) is 10.8 Å². The lowest BCUT2D eigenvalue weighted by molar-refractivity contribution is 0.725. The van der Waals surface area contributed by atoms with Crippen LogP contribution in [0.5, 0.6) is 0 Å². The molecule has 0 aliphatic carbocycles. The molecule has 2 rings (SSSR count). The minimum atomic E-state index is 0.535. The number of nitrogen functional groups attached to an aromatic ring is 1. The maximum Gasteiger partial charge on any atom is 0.160 e. The summed E-state index contributed by atoms with van der Waals surface area (Å²) >= 11 is 0. The maximum atomic E-state index is 5.23. The average Bonchev–Trinajstić information content (AvgIpc) is 2.82. The van der Waals surface area contributed by atoms with Crippen LogP contribution in [0.1, 0.15) is 0 Å². The summed E-state index contributed by atoms with van der Waals surface area (Å²) in [7, 11) is 0. The number of rotatable bonds is 5. The number of hydrogen-bond donors (Lipinski definition) is 3. The smallest absolute Gasteiger partial charge is 0.160 e. The van der Waals surface area contributed by atoms with Crippen LogP contribution in [0.25, 0.3) is 0 Å². The summed E-state index contributed by atoms with van der Waals surface area (Å²) in [5.41, 5.74) is 2.44. The van der Waals surface area contributed by atoms with E-state index in [4.69, 9.17) is 5.84 Å². The Morgan fingerprint density at radius 3 is 2.88 bits per heavy atom. The fourth-order valence-electron chi connectivity index (χ4n) is 1.25. The van der Waals surface area contributed by atoms with Crippen molar-refractivity contribution in [3.05, 3.63) is 31.1 Å². The lowest BCUT2D eigenvalue weighted by Gasteiger charge is -2.06. The monoisotopic (exact) mass is 219 g/mol. The molecule has 7 heteroatoms. The topological polar surface area (TPSA) is 93.7 Å². The highest BCUT2D eigenvalue weighted by atomic mass is 15.3. The number of nitrogens with zero attached hydrogens (tertiary/aromatic N) is 4. The Hall–Kier alpha value is -2.15. The lowest BCUT2D eigenvalue weighted by Crippen LogP contribution is -2.13. The van der Waals surface area contributed by atoms with Crippen LogP contribution in [0.2, 0.25) is 0 Å². The van der Waals surface area contributed by atoms with Gasteiger partial charge in [-0.3, -0.25) is 4.98 Å². The van der Waals surface area contributed by atoms with E-state index in [9.17, 15) is 0 Å². The van der Waals surface area contributed by atoms with Gasteiger partial charge in [0, 0.05) is 25.5 Å². The Kier molecular flexibility index (Phi) is 3.29. The quantitative estimate of drug-likeness (QED) is 0.486. The minimum Gasteiger partial charge on any atom is -0.367 e. The van der Waals surface area contributed by atoms with Gasteiger partial charge in [-0.2, -0.15) is 0 Å². The third-order valence-corrected chi connectivity index (χ3v) is 2.02. The second-order valence-corrected chi connectivity index (χ2v) is 3.16. The molecule has 2 aromatic heterocycles. The standard InChI is InChI=1S/C9H13N7/c10-15-9-6-12-5-8(14-9)13-2-4-16-3-1-11-7-16/h1,3,5-7H,2,4,10H2,(H2,13,14,15). The van der Waals surface area contributed by atoms with Crippen LogP contribution < -0.4 is 16.6 Å². The average molecular weight is 219 g/mol. The van der Waals surface area contributed by atoms with E-state index < -0.39 is 0 Å². The van der Waals surface area contributed by atoms with Crippen molar-refractivity contribution in [2.75, 3.05) is 17.3 Å². The molecular formula is C9H13N7. The molecule has 0 bridgehead atoms. The molecule has 0 amide bonds. The first kappa shape index (κ1) is 10.4. The minimum absolute atomic E-state index is 0.535. The Morgan fingerprint density at radius 1 is 1.25 bits per heavy atom. The van der Waals surface area contributed by atoms with Gasteiger partial charge < -0.3 is 15.3 Å². The summed E-state index contributed by atoms with van der Waals surface area (Å²) in [6.45, 7) is 1.57. The highest BCUT2D eigenvalue weighted by Gasteiger charge is 1.96. The molecule has 7 nitrogen and oxygen atoms in total. The highest BCUT2D eigenvalue weighted by Crippen LogP contribution is 2.04. The zero-order chi connectivity index (χ0) is 11.2. The summed E-state index contributed by atoms with van der Waals surface area (Å²) in [4.78, 5) is 12.1. The zero-order valence-corrected chi connectivity index (χ0v) is 8.67. The molecule has 16 heavy (non-hydrogen) atoms. The van der Waals surface area contributed by atoms with E-state index in [2.05, 4.69) is 25.7 Å². The Morgan fingerprint density at radius 2 is 2.12 bits per heavy atom. The maximum absolute atomic E-state index is 5.23. The molecule has 0 unspecified atom stereocenters. The number of anilines is 2. The van der Waals surface area contributed by atoms with Gasteiger partial charge in [0.2, 0.25) is 0 Å². The molecule has 0 saturated carbocycles. The van der Waals surface area contributed by atoms with Crippen LogP contribution in [-0.4, -0.2) is 26.1 Å². The molecular weight excluding hydrogens is 206 g/mol. The van der Waals surface area contributed by atoms with E-state index >= 15 is 0 Å². The highest BCUT2D eigenvalue weighted by molar-refractivity contribution is 5.40. The predicted octanol–water partition coefficient (Wildman–Crippen LogP) is 0.0708. The second kappa shape index (κ2) is 5.08. The molecule has 0 aliphatic rings. The number of nitrogens with one attached hydrogen (secondary N) is 2. The first-order valence-corrected chi connectivity index (χ1v) is 4.87. The van der Waals surface area contributed by atoms with Gasteiger partial charge in [0.1, 0.15) is 5.82 Å². The number of imidazole rings is 1. The molecule has 84 valence electrons. The van der Waals surface area contributed by atoms with Gasteiger partial charge in [-0.25, -0.2) is 15.8 Å². The molecule has 0 fully saturated rings. The number of nitrogens with two attached hydrogens (primary N) is 1. The molecule has 2 aromatic rings. The summed E-state index contributed by atoms with van der Waals surface area (Å²) in [6.07, 6.45) is 8.63. The molecule has 0 saturated heterocycles. The van der Waals surface area contributed by atoms with E-state index in [-0.39, 0.29) is 0 Å². The van der Waals surface area contributed by atoms with Crippen LogP contribution in [0, 0.1) is 0 Å². The van der Waals surface area contributed by atoms with Crippen LogP contribution in [-0.2, 0) is 6.54 Å².